The van der Waals surface area contributed by atoms with E-state index in [9.17, 15) is 34.5 Å². The number of nitrogens with one attached hydrogen (secondary N) is 1. The summed E-state index contributed by atoms with van der Waals surface area (Å²) in [5.74, 6) is -6.73. The molecule has 2 aromatic carbocycles. The van der Waals surface area contributed by atoms with E-state index in [4.69, 9.17) is 33.1 Å². The minimum atomic E-state index is -2.04. The molecule has 0 saturated carbocycles. The number of likely N-dealkylation sites (tertiary alicyclic amines) is 1. The zero-order chi connectivity index (χ0) is 47.2. The van der Waals surface area contributed by atoms with Crippen LogP contribution in [0.4, 0.5) is 5.69 Å². The van der Waals surface area contributed by atoms with E-state index in [0.717, 1.165) is 19.4 Å². The first kappa shape index (κ1) is 47.2. The number of phenolic OH excluding ortho intramolecular Hbond substituents is 1. The fraction of sp³-hybridized carbons (Fsp3) is 0.490. The van der Waals surface area contributed by atoms with E-state index in [1.54, 1.807) is 58.0 Å². The van der Waals surface area contributed by atoms with Crippen molar-refractivity contribution in [3.63, 3.8) is 0 Å². The molecule has 7 rings (SSSR count). The predicted octanol–water partition coefficient (Wildman–Crippen LogP) is 6.42. The molecule has 10 atom stereocenters. The molecule has 1 saturated heterocycles. The van der Waals surface area contributed by atoms with E-state index in [1.165, 1.54) is 53.2 Å². The third-order valence-electron chi connectivity index (χ3n) is 13.4. The van der Waals surface area contributed by atoms with Crippen LogP contribution in [0, 0.1) is 30.6 Å². The first-order chi connectivity index (χ1) is 30.8. The summed E-state index contributed by atoms with van der Waals surface area (Å²) in [6.45, 7) is 14.1. The fourth-order valence-corrected chi connectivity index (χ4v) is 9.26. The summed E-state index contributed by atoms with van der Waals surface area (Å²) in [4.78, 5) is 63.0. The highest BCUT2D eigenvalue weighted by atomic mass is 16.7. The highest BCUT2D eigenvalue weighted by molar-refractivity contribution is 6.22. The highest BCUT2D eigenvalue weighted by Gasteiger charge is 2.50. The van der Waals surface area contributed by atoms with Gasteiger partial charge in [0.25, 0.3) is 11.7 Å². The largest absolute Gasteiger partial charge is 0.507 e. The number of rotatable bonds is 5. The van der Waals surface area contributed by atoms with Crippen molar-refractivity contribution in [3.8, 4) is 28.7 Å². The van der Waals surface area contributed by atoms with Gasteiger partial charge in [-0.15, -0.1) is 0 Å². The Morgan fingerprint density at radius 2 is 1.77 bits per heavy atom. The summed E-state index contributed by atoms with van der Waals surface area (Å²) < 4.78 is 36.6. The summed E-state index contributed by atoms with van der Waals surface area (Å²) >= 11 is 0. The third kappa shape index (κ3) is 8.84. The Hall–Kier alpha value is -5.81. The number of aliphatic hydroxyl groups is 2. The van der Waals surface area contributed by atoms with E-state index < -0.39 is 82.7 Å². The normalized spacial score (nSPS) is 31.1. The quantitative estimate of drug-likeness (QED) is 0.0966. The maximum Gasteiger partial charge on any atom is 0.312 e. The Labute approximate surface area is 377 Å². The van der Waals surface area contributed by atoms with Crippen molar-refractivity contribution in [2.45, 2.75) is 104 Å². The minimum Gasteiger partial charge on any atom is -0.507 e. The second-order valence-electron chi connectivity index (χ2n) is 17.9. The lowest BCUT2D eigenvalue weighted by Crippen LogP contribution is -2.46. The number of nitrogens with zero attached hydrogens (tertiary/aromatic N) is 2. The second kappa shape index (κ2) is 18.6. The summed E-state index contributed by atoms with van der Waals surface area (Å²) in [5, 5.41) is 37.2. The molecule has 2 aromatic rings. The van der Waals surface area contributed by atoms with Crippen LogP contribution in [0.2, 0.25) is 0 Å². The number of carbonyl (C=O) groups is 3. The van der Waals surface area contributed by atoms with Crippen LogP contribution in [0.1, 0.15) is 77.2 Å². The molecule has 1 aliphatic carbocycles. The van der Waals surface area contributed by atoms with Gasteiger partial charge in [-0.3, -0.25) is 19.2 Å². The molecule has 0 radical (unpaired) electrons. The number of benzene rings is 3. The van der Waals surface area contributed by atoms with Crippen molar-refractivity contribution in [2.75, 3.05) is 32.6 Å². The molecule has 4 aliphatic heterocycles. The Balaban J connectivity index is 1.41. The number of aromatic hydroxyl groups is 1. The van der Waals surface area contributed by atoms with Crippen LogP contribution < -0.4 is 20.2 Å². The smallest absolute Gasteiger partial charge is 0.312 e. The molecule has 16 heteroatoms. The molecule has 0 aromatic heterocycles. The van der Waals surface area contributed by atoms with Crippen LogP contribution in [-0.4, -0.2) is 106 Å². The number of phenols is 1. The van der Waals surface area contributed by atoms with E-state index in [2.05, 4.69) is 17.3 Å². The molecule has 5 aliphatic rings. The van der Waals surface area contributed by atoms with Crippen LogP contribution in [-0.2, 0) is 23.8 Å². The van der Waals surface area contributed by atoms with Crippen molar-refractivity contribution >= 4 is 45.2 Å². The van der Waals surface area contributed by atoms with Gasteiger partial charge < -0.3 is 53.6 Å². The molecular formula is C49H59N3O13. The minimum absolute atomic E-state index is 0.0130. The van der Waals surface area contributed by atoms with Crippen molar-refractivity contribution in [1.29, 1.82) is 0 Å². The first-order valence-corrected chi connectivity index (χ1v) is 22.0. The summed E-state index contributed by atoms with van der Waals surface area (Å²) in [6.07, 6.45) is 5.70. The van der Waals surface area contributed by atoms with E-state index >= 15 is 0 Å². The number of Topliss-reactive ketones (excluding diaryl/α,β-unsaturated/α-hetero) is 1. The zero-order valence-corrected chi connectivity index (χ0v) is 38.5. The SMILES string of the molecule is CO[C@H]1/C=C/O[C@@]2(C)Oc3c(C)c(O)c4c(=O)c(c5oc6cc(OCC7CCCN7C)ccc6nc-5c4c3C2=O)NC(=O)/C(C)=C\C=C\[C@H](C)[C@H](O)[C@@H](C)[C@@H](O)[C@@H](C)[C@H](OC(C)=O)[C@@H]1C. The Morgan fingerprint density at radius 3 is 2.45 bits per heavy atom. The van der Waals surface area contributed by atoms with Gasteiger partial charge in [0.2, 0.25) is 5.43 Å². The number of aliphatic hydroxyl groups excluding tert-OH is 2. The molecule has 348 valence electrons. The summed E-state index contributed by atoms with van der Waals surface area (Å²) in [5.41, 5.74) is -0.494. The van der Waals surface area contributed by atoms with Gasteiger partial charge in [0.15, 0.2) is 11.3 Å². The number of ether oxygens (including phenoxy) is 5. The Morgan fingerprint density at radius 1 is 1.03 bits per heavy atom. The van der Waals surface area contributed by atoms with Gasteiger partial charge >= 0.3 is 11.8 Å². The number of esters is 1. The lowest BCUT2D eigenvalue weighted by molar-refractivity contribution is -0.160. The Bertz CT molecular complexity index is 2640. The number of carbonyl (C=O) groups excluding carboxylic acids is 3. The van der Waals surface area contributed by atoms with Gasteiger partial charge in [0.1, 0.15) is 46.9 Å². The highest BCUT2D eigenvalue weighted by Crippen LogP contribution is 2.50. The number of amides is 1. The van der Waals surface area contributed by atoms with Crippen LogP contribution in [0.3, 0.4) is 0 Å². The standard InChI is InChI=1S/C49H59N3O13/c1-23-13-11-14-24(2)48(59)51-39-43(57)36-35(38-46(39)64-34-21-31(16-17-32(34)50-38)61-22-30-15-12-19-52(30)9)37-45(28(6)42(36)56)65-49(8,47(37)58)62-20-18-33(60-10)25(3)44(63-29(7)53)27(5)41(55)26(4)40(23)54/h11,13-14,16-18,20-21,23,25-27,30,33,40-41,44,54-56H,12,15,19,22H2,1-10H3,(H,51,59)/b13-11+,20-18+,24-14-/t23-,25+,26+,27+,30?,33-,40-,41+,44+,49-/m0/s1. The number of aromatic nitrogens is 1. The molecule has 0 spiro atoms. The van der Waals surface area contributed by atoms with Crippen molar-refractivity contribution in [1.82, 2.24) is 9.88 Å². The van der Waals surface area contributed by atoms with Crippen LogP contribution in [0.5, 0.6) is 17.2 Å². The zero-order valence-electron chi connectivity index (χ0n) is 38.5. The van der Waals surface area contributed by atoms with Gasteiger partial charge in [0, 0.05) is 73.3 Å². The van der Waals surface area contributed by atoms with Crippen LogP contribution in [0.15, 0.2) is 63.6 Å². The van der Waals surface area contributed by atoms with Crippen LogP contribution in [0.25, 0.3) is 33.3 Å². The lowest BCUT2D eigenvalue weighted by atomic mass is 9.78. The predicted molar refractivity (Wildman–Crippen MR) is 242 cm³/mol. The van der Waals surface area contributed by atoms with Gasteiger partial charge in [-0.1, -0.05) is 45.9 Å². The second-order valence-corrected chi connectivity index (χ2v) is 17.9. The number of allylic oxidation sites excluding steroid dienone is 2. The number of fused-ring (bicyclic) bond motifs is 2. The average Bonchev–Trinajstić information content (AvgIpc) is 3.81. The van der Waals surface area contributed by atoms with Gasteiger partial charge in [0.05, 0.1) is 35.5 Å². The average molecular weight is 898 g/mol. The van der Waals surface area contributed by atoms with Crippen LogP contribution >= 0.6 is 0 Å². The fourth-order valence-electron chi connectivity index (χ4n) is 9.26. The first-order valence-electron chi connectivity index (χ1n) is 22.0. The molecule has 65 heavy (non-hydrogen) atoms. The maximum absolute atomic E-state index is 14.8. The maximum atomic E-state index is 14.8. The lowest BCUT2D eigenvalue weighted by Gasteiger charge is -2.38. The number of ketones is 1. The number of likely N-dealkylation sites (N-methyl/N-ethyl adjacent to an activating group) is 1. The van der Waals surface area contributed by atoms with E-state index in [-0.39, 0.29) is 62.0 Å². The number of methoxy groups -OCH3 is 1. The molecule has 4 bridgehead atoms. The number of anilines is 1. The molecule has 1 amide bonds. The molecule has 16 nitrogen and oxygen atoms in total. The van der Waals surface area contributed by atoms with Gasteiger partial charge in [-0.2, -0.15) is 0 Å². The molecule has 4 N–H and O–H groups in total. The number of hydrogen-bond donors (Lipinski definition) is 4. The van der Waals surface area contributed by atoms with Crippen molar-refractivity contribution < 1.29 is 57.8 Å². The molecule has 4 heterocycles. The van der Waals surface area contributed by atoms with Crippen molar-refractivity contribution in [3.05, 3.63) is 75.7 Å². The van der Waals surface area contributed by atoms with Gasteiger partial charge in [-0.05, 0) is 58.5 Å². The van der Waals surface area contributed by atoms with Crippen molar-refractivity contribution in [2.24, 2.45) is 23.7 Å². The molecule has 1 fully saturated rings. The van der Waals surface area contributed by atoms with Gasteiger partial charge in [-0.25, -0.2) is 4.98 Å². The topological polar surface area (TPSA) is 216 Å². The van der Waals surface area contributed by atoms with E-state index in [0.29, 0.717) is 17.9 Å². The monoisotopic (exact) mass is 897 g/mol. The summed E-state index contributed by atoms with van der Waals surface area (Å²) in [6, 6.07) is 5.31. The third-order valence-corrected chi connectivity index (χ3v) is 13.4. The van der Waals surface area contributed by atoms with E-state index in [1.807, 2.05) is 0 Å². The Kier molecular flexibility index (Phi) is 13.5. The molecular weight excluding hydrogens is 839 g/mol. The molecule has 1 unspecified atom stereocenters. The number of hydrogen-bond acceptors (Lipinski definition) is 15. The summed E-state index contributed by atoms with van der Waals surface area (Å²) in [7, 11) is 3.50.